The number of aromatic nitrogens is 1. The van der Waals surface area contributed by atoms with E-state index in [4.69, 9.17) is 9.47 Å². The van der Waals surface area contributed by atoms with Gasteiger partial charge in [-0.15, -0.1) is 0 Å². The lowest BCUT2D eigenvalue weighted by molar-refractivity contribution is 0.286. The lowest BCUT2D eigenvalue weighted by Crippen LogP contribution is -2.12. The Morgan fingerprint density at radius 3 is 2.59 bits per heavy atom. The summed E-state index contributed by atoms with van der Waals surface area (Å²) in [5.74, 6) is 0.477. The van der Waals surface area contributed by atoms with Crippen LogP contribution in [-0.4, -0.2) is 16.7 Å². The maximum absolute atomic E-state index is 12.3. The van der Waals surface area contributed by atoms with Gasteiger partial charge in [0.05, 0.1) is 12.1 Å². The van der Waals surface area contributed by atoms with Crippen molar-refractivity contribution in [2.24, 2.45) is 0 Å². The first-order valence-electron chi connectivity index (χ1n) is 9.37. The van der Waals surface area contributed by atoms with Gasteiger partial charge in [-0.2, -0.15) is 0 Å². The molecule has 0 aliphatic rings. The van der Waals surface area contributed by atoms with Crippen LogP contribution in [0.15, 0.2) is 53.3 Å². The number of pyridine rings is 1. The minimum Gasteiger partial charge on any atom is -0.504 e. The molecule has 1 aromatic heterocycles. The highest BCUT2D eigenvalue weighted by atomic mass is 16.5. The fourth-order valence-electron chi connectivity index (χ4n) is 2.91. The lowest BCUT2D eigenvalue weighted by atomic mass is 10.2. The summed E-state index contributed by atoms with van der Waals surface area (Å²) < 4.78 is 11.3. The van der Waals surface area contributed by atoms with E-state index in [1.807, 2.05) is 30.3 Å². The molecule has 0 aliphatic carbocycles. The summed E-state index contributed by atoms with van der Waals surface area (Å²) >= 11 is 0. The van der Waals surface area contributed by atoms with Gasteiger partial charge in [0.25, 0.3) is 5.56 Å². The molecule has 0 saturated heterocycles. The Morgan fingerprint density at radius 2 is 1.81 bits per heavy atom. The van der Waals surface area contributed by atoms with Crippen molar-refractivity contribution in [1.82, 2.24) is 4.98 Å². The second-order valence-electron chi connectivity index (χ2n) is 6.52. The summed E-state index contributed by atoms with van der Waals surface area (Å²) in [6.07, 6.45) is 4.17. The van der Waals surface area contributed by atoms with E-state index < -0.39 is 5.56 Å². The van der Waals surface area contributed by atoms with Crippen LogP contribution < -0.4 is 15.0 Å². The number of fused-ring (bicyclic) bond motifs is 1. The van der Waals surface area contributed by atoms with Crippen LogP contribution in [0.5, 0.6) is 17.2 Å². The fraction of sp³-hybridized carbons (Fsp3) is 0.318. The number of benzene rings is 2. The van der Waals surface area contributed by atoms with Gasteiger partial charge in [-0.1, -0.05) is 56.5 Å². The number of unbranched alkanes of at least 4 members (excludes halogenated alkanes) is 3. The second-order valence-corrected chi connectivity index (χ2v) is 6.52. The van der Waals surface area contributed by atoms with Gasteiger partial charge in [-0.05, 0) is 24.1 Å². The van der Waals surface area contributed by atoms with Gasteiger partial charge in [-0.3, -0.25) is 4.79 Å². The second kappa shape index (κ2) is 9.12. The van der Waals surface area contributed by atoms with E-state index in [1.54, 1.807) is 18.2 Å². The SMILES string of the molecule is CCCCCCOc1c(O)c2ccc(OCc3ccccc3)cc2[nH]c1=O. The largest absolute Gasteiger partial charge is 0.504 e. The normalized spacial score (nSPS) is 10.9. The van der Waals surface area contributed by atoms with Gasteiger partial charge in [-0.25, -0.2) is 0 Å². The molecule has 3 aromatic rings. The number of nitrogens with one attached hydrogen (secondary N) is 1. The van der Waals surface area contributed by atoms with E-state index in [9.17, 15) is 9.90 Å². The van der Waals surface area contributed by atoms with Gasteiger partial charge in [0, 0.05) is 11.5 Å². The number of aromatic hydroxyl groups is 1. The third-order valence-corrected chi connectivity index (χ3v) is 4.41. The maximum atomic E-state index is 12.3. The van der Waals surface area contributed by atoms with E-state index in [0.29, 0.717) is 29.9 Å². The molecular weight excluding hydrogens is 342 g/mol. The van der Waals surface area contributed by atoms with Crippen LogP contribution in [0.3, 0.4) is 0 Å². The highest BCUT2D eigenvalue weighted by Gasteiger charge is 2.14. The van der Waals surface area contributed by atoms with Crippen molar-refractivity contribution in [2.75, 3.05) is 6.61 Å². The lowest BCUT2D eigenvalue weighted by Gasteiger charge is -2.11. The smallest absolute Gasteiger partial charge is 0.294 e. The first-order chi connectivity index (χ1) is 13.2. The quantitative estimate of drug-likeness (QED) is 0.534. The molecular formula is C22H25NO4. The molecule has 0 fully saturated rings. The monoisotopic (exact) mass is 367 g/mol. The summed E-state index contributed by atoms with van der Waals surface area (Å²) in [5, 5.41) is 11.0. The van der Waals surface area contributed by atoms with Crippen LogP contribution in [-0.2, 0) is 6.61 Å². The molecule has 0 atom stereocenters. The first kappa shape index (κ1) is 18.8. The molecule has 5 heteroatoms. The number of hydrogen-bond donors (Lipinski definition) is 2. The number of rotatable bonds is 9. The van der Waals surface area contributed by atoms with Crippen molar-refractivity contribution >= 4 is 10.9 Å². The topological polar surface area (TPSA) is 71.5 Å². The van der Waals surface area contributed by atoms with E-state index >= 15 is 0 Å². The molecule has 0 aliphatic heterocycles. The molecule has 0 radical (unpaired) electrons. The van der Waals surface area contributed by atoms with Gasteiger partial charge in [0.2, 0.25) is 5.75 Å². The van der Waals surface area contributed by atoms with Crippen LogP contribution >= 0.6 is 0 Å². The van der Waals surface area contributed by atoms with Gasteiger partial charge in [0.1, 0.15) is 12.4 Å². The highest BCUT2D eigenvalue weighted by Crippen LogP contribution is 2.32. The molecule has 2 N–H and O–H groups in total. The molecule has 0 bridgehead atoms. The minimum absolute atomic E-state index is 0.0167. The van der Waals surface area contributed by atoms with Gasteiger partial charge >= 0.3 is 0 Å². The molecule has 27 heavy (non-hydrogen) atoms. The number of ether oxygens (including phenoxy) is 2. The Morgan fingerprint density at radius 1 is 1.00 bits per heavy atom. The standard InChI is InChI=1S/C22H25NO4/c1-2-3-4-8-13-26-21-20(24)18-12-11-17(14-19(18)23-22(21)25)27-15-16-9-6-5-7-10-16/h5-7,9-12,14H,2-4,8,13,15H2,1H3,(H2,23,24,25). The van der Waals surface area contributed by atoms with Gasteiger partial charge < -0.3 is 19.6 Å². The molecule has 2 aromatic carbocycles. The van der Waals surface area contributed by atoms with E-state index in [2.05, 4.69) is 11.9 Å². The van der Waals surface area contributed by atoms with Crippen molar-refractivity contribution in [3.63, 3.8) is 0 Å². The Bertz CT molecular complexity index is 934. The third kappa shape index (κ3) is 4.82. The zero-order valence-corrected chi connectivity index (χ0v) is 15.5. The van der Waals surface area contributed by atoms with Crippen molar-refractivity contribution in [1.29, 1.82) is 0 Å². The Hall–Kier alpha value is -2.95. The maximum Gasteiger partial charge on any atom is 0.294 e. The molecule has 142 valence electrons. The molecule has 1 heterocycles. The molecule has 5 nitrogen and oxygen atoms in total. The average molecular weight is 367 g/mol. The first-order valence-corrected chi connectivity index (χ1v) is 9.37. The molecule has 0 amide bonds. The fourth-order valence-corrected chi connectivity index (χ4v) is 2.91. The summed E-state index contributed by atoms with van der Waals surface area (Å²) in [6, 6.07) is 15.1. The van der Waals surface area contributed by atoms with E-state index in [0.717, 1.165) is 31.2 Å². The Labute approximate surface area is 158 Å². The average Bonchev–Trinajstić information content (AvgIpc) is 2.69. The van der Waals surface area contributed by atoms with Crippen LogP contribution in [0.25, 0.3) is 10.9 Å². The van der Waals surface area contributed by atoms with Crippen LogP contribution in [0.4, 0.5) is 0 Å². The predicted molar refractivity (Wildman–Crippen MR) is 107 cm³/mol. The Kier molecular flexibility index (Phi) is 6.36. The Balaban J connectivity index is 1.73. The van der Waals surface area contributed by atoms with Crippen molar-refractivity contribution in [3.8, 4) is 17.2 Å². The van der Waals surface area contributed by atoms with Crippen molar-refractivity contribution < 1.29 is 14.6 Å². The van der Waals surface area contributed by atoms with Crippen LogP contribution in [0.1, 0.15) is 38.2 Å². The highest BCUT2D eigenvalue weighted by molar-refractivity contribution is 5.87. The number of aromatic amines is 1. The molecule has 0 unspecified atom stereocenters. The number of hydrogen-bond acceptors (Lipinski definition) is 4. The van der Waals surface area contributed by atoms with Crippen LogP contribution in [0, 0.1) is 0 Å². The zero-order chi connectivity index (χ0) is 19.1. The van der Waals surface area contributed by atoms with Gasteiger partial charge in [0.15, 0.2) is 5.75 Å². The third-order valence-electron chi connectivity index (χ3n) is 4.41. The van der Waals surface area contributed by atoms with Crippen molar-refractivity contribution in [2.45, 2.75) is 39.2 Å². The molecule has 0 saturated carbocycles. The summed E-state index contributed by atoms with van der Waals surface area (Å²) in [5.41, 5.74) is 1.14. The molecule has 0 spiro atoms. The van der Waals surface area contributed by atoms with E-state index in [-0.39, 0.29) is 11.5 Å². The summed E-state index contributed by atoms with van der Waals surface area (Å²) in [7, 11) is 0. The minimum atomic E-state index is -0.435. The molecule has 3 rings (SSSR count). The summed E-state index contributed by atoms with van der Waals surface area (Å²) in [4.78, 5) is 15.1. The van der Waals surface area contributed by atoms with Crippen LogP contribution in [0.2, 0.25) is 0 Å². The predicted octanol–water partition coefficient (Wildman–Crippen LogP) is 4.77. The summed E-state index contributed by atoms with van der Waals surface area (Å²) in [6.45, 7) is 2.99. The van der Waals surface area contributed by atoms with Crippen molar-refractivity contribution in [3.05, 3.63) is 64.4 Å². The zero-order valence-electron chi connectivity index (χ0n) is 15.5. The van der Waals surface area contributed by atoms with E-state index in [1.165, 1.54) is 0 Å². The number of H-pyrrole nitrogens is 1.